The molecule has 0 radical (unpaired) electrons. The highest BCUT2D eigenvalue weighted by molar-refractivity contribution is 9.09. The van der Waals surface area contributed by atoms with Crippen LogP contribution in [-0.2, 0) is 9.59 Å². The minimum absolute atomic E-state index is 0. The molecule has 2 rings (SSSR count). The van der Waals surface area contributed by atoms with E-state index in [0.29, 0.717) is 5.33 Å². The molecule has 5 nitrogen and oxygen atoms in total. The summed E-state index contributed by atoms with van der Waals surface area (Å²) in [7, 11) is 0. The van der Waals surface area contributed by atoms with Gasteiger partial charge in [-0.2, -0.15) is 0 Å². The van der Waals surface area contributed by atoms with E-state index in [1.165, 1.54) is 22.9 Å². The molecule has 2 heterocycles. The topological polar surface area (TPSA) is 83.6 Å². The predicted octanol–water partition coefficient (Wildman–Crippen LogP) is 0.588. The van der Waals surface area contributed by atoms with E-state index in [-0.39, 0.29) is 35.2 Å². The largest absolute Gasteiger partial charge is 0.478 e. The van der Waals surface area contributed by atoms with Gasteiger partial charge in [0.15, 0.2) is 0 Å². The number of thioether (sulfide) groups is 1. The second-order valence-corrected chi connectivity index (χ2v) is 5.25. The minimum atomic E-state index is -1.07. The average Bonchev–Trinajstić information content (AvgIpc) is 2.17. The number of carboxylic acid groups (broad SMARTS) is 1. The molecule has 1 saturated heterocycles. The molecule has 0 bridgehead atoms. The second kappa shape index (κ2) is 4.95. The quantitative estimate of drug-likeness (QED) is 0.572. The zero-order valence-corrected chi connectivity index (χ0v) is 11.2. The summed E-state index contributed by atoms with van der Waals surface area (Å²) in [6.45, 7) is 0. The van der Waals surface area contributed by atoms with Crippen LogP contribution in [0.3, 0.4) is 0 Å². The number of β-lactam (4-membered cyclic amide) rings is 1. The number of hydrogen-bond donors (Lipinski definition) is 2. The molecular formula is C8H10BrClN2O3S. The maximum Gasteiger partial charge on any atom is 0.335 e. The highest BCUT2D eigenvalue weighted by atomic mass is 79.9. The van der Waals surface area contributed by atoms with Crippen LogP contribution in [0, 0.1) is 5.92 Å². The summed E-state index contributed by atoms with van der Waals surface area (Å²) in [6, 6.07) is 0. The first kappa shape index (κ1) is 13.8. The molecule has 0 spiro atoms. The molecule has 3 N–H and O–H groups in total. The number of carbonyl (C=O) groups is 2. The van der Waals surface area contributed by atoms with Crippen LogP contribution in [0.4, 0.5) is 0 Å². The van der Waals surface area contributed by atoms with Crippen LogP contribution in [-0.4, -0.2) is 38.0 Å². The van der Waals surface area contributed by atoms with Crippen molar-refractivity contribution in [1.29, 1.82) is 0 Å². The lowest BCUT2D eigenvalue weighted by atomic mass is 10.0. The molecular weight excluding hydrogens is 320 g/mol. The van der Waals surface area contributed by atoms with Crippen molar-refractivity contribution in [3.63, 3.8) is 0 Å². The Kier molecular flexibility index (Phi) is 4.28. The molecule has 1 fully saturated rings. The molecule has 0 aromatic rings. The number of alkyl halides is 1. The van der Waals surface area contributed by atoms with E-state index in [0.717, 1.165) is 0 Å². The van der Waals surface area contributed by atoms with Gasteiger partial charge in [-0.3, -0.25) is 4.79 Å². The Morgan fingerprint density at radius 3 is 2.81 bits per heavy atom. The number of nitrogens with zero attached hydrogens (tertiary/aromatic N) is 1. The third kappa shape index (κ3) is 1.97. The normalized spacial score (nSPS) is 32.1. The van der Waals surface area contributed by atoms with Gasteiger partial charge in [-0.1, -0.05) is 15.9 Å². The summed E-state index contributed by atoms with van der Waals surface area (Å²) >= 11 is 4.57. The Morgan fingerprint density at radius 2 is 2.31 bits per heavy atom. The van der Waals surface area contributed by atoms with Crippen LogP contribution in [0.5, 0.6) is 0 Å². The molecule has 1 amide bonds. The van der Waals surface area contributed by atoms with Crippen molar-refractivity contribution < 1.29 is 14.7 Å². The van der Waals surface area contributed by atoms with Crippen molar-refractivity contribution in [2.24, 2.45) is 11.7 Å². The van der Waals surface area contributed by atoms with Crippen LogP contribution in [0.2, 0.25) is 0 Å². The van der Waals surface area contributed by atoms with Gasteiger partial charge in [0.1, 0.15) is 0 Å². The molecule has 2 aliphatic heterocycles. The molecule has 0 aromatic carbocycles. The Morgan fingerprint density at radius 1 is 1.69 bits per heavy atom. The number of fused-ring (bicyclic) bond motifs is 1. The lowest BCUT2D eigenvalue weighted by Crippen LogP contribution is -2.60. The fraction of sp³-hybridized carbons (Fsp3) is 0.500. The van der Waals surface area contributed by atoms with Gasteiger partial charge in [0.2, 0.25) is 5.91 Å². The smallest absolute Gasteiger partial charge is 0.335 e. The number of halogens is 2. The highest BCUT2D eigenvalue weighted by Gasteiger charge is 2.50. The number of aliphatic carboxylic acids is 1. The molecule has 8 heteroatoms. The van der Waals surface area contributed by atoms with Gasteiger partial charge in [0.25, 0.3) is 0 Å². The number of hydrogen-bond acceptors (Lipinski definition) is 4. The van der Waals surface area contributed by atoms with Crippen molar-refractivity contribution in [2.75, 3.05) is 5.33 Å². The summed E-state index contributed by atoms with van der Waals surface area (Å²) in [5.74, 6) is -1.20. The number of carbonyl (C=O) groups excluding carboxylic acids is 1. The zero-order chi connectivity index (χ0) is 11.2. The average molecular weight is 330 g/mol. The van der Waals surface area contributed by atoms with Crippen molar-refractivity contribution in [2.45, 2.75) is 10.7 Å². The standard InChI is InChI=1S/C8H9BrN2O3S.ClH/c9-1-3-6(12)11-2-4(8(13)14)5(10)15-7(3)11;/h2-3,5,7H,1,10H2,(H,13,14);1H/t3?,5?,7-;/m1./s1. The van der Waals surface area contributed by atoms with E-state index in [4.69, 9.17) is 10.8 Å². The molecule has 2 unspecified atom stereocenters. The Hall–Kier alpha value is -0.240. The first-order valence-electron chi connectivity index (χ1n) is 4.30. The van der Waals surface area contributed by atoms with Crippen LogP contribution >= 0.6 is 40.1 Å². The summed E-state index contributed by atoms with van der Waals surface area (Å²) in [5, 5.41) is 8.85. The molecule has 0 aliphatic carbocycles. The number of nitrogens with two attached hydrogens (primary N) is 1. The Labute approximate surface area is 111 Å². The second-order valence-electron chi connectivity index (χ2n) is 3.34. The maximum absolute atomic E-state index is 11.5. The first-order valence-corrected chi connectivity index (χ1v) is 6.37. The lowest BCUT2D eigenvalue weighted by molar-refractivity contribution is -0.144. The summed E-state index contributed by atoms with van der Waals surface area (Å²) in [4.78, 5) is 23.7. The van der Waals surface area contributed by atoms with Crippen molar-refractivity contribution in [3.8, 4) is 0 Å². The van der Waals surface area contributed by atoms with E-state index >= 15 is 0 Å². The van der Waals surface area contributed by atoms with Gasteiger partial charge in [-0.25, -0.2) is 4.79 Å². The van der Waals surface area contributed by atoms with Gasteiger partial charge in [0.05, 0.1) is 22.2 Å². The third-order valence-electron chi connectivity index (χ3n) is 2.47. The number of carboxylic acids is 1. The fourth-order valence-corrected chi connectivity index (χ4v) is 3.80. The van der Waals surface area contributed by atoms with Crippen LogP contribution in [0.15, 0.2) is 11.8 Å². The van der Waals surface area contributed by atoms with Gasteiger partial charge in [-0.15, -0.1) is 24.2 Å². The van der Waals surface area contributed by atoms with Crippen LogP contribution in [0.1, 0.15) is 0 Å². The molecule has 0 aromatic heterocycles. The molecule has 16 heavy (non-hydrogen) atoms. The molecule has 3 atom stereocenters. The van der Waals surface area contributed by atoms with Gasteiger partial charge >= 0.3 is 5.97 Å². The number of rotatable bonds is 2. The van der Waals surface area contributed by atoms with E-state index in [1.807, 2.05) is 0 Å². The third-order valence-corrected chi connectivity index (χ3v) is 4.55. The van der Waals surface area contributed by atoms with E-state index in [1.54, 1.807) is 0 Å². The predicted molar refractivity (Wildman–Crippen MR) is 66.5 cm³/mol. The van der Waals surface area contributed by atoms with E-state index < -0.39 is 11.3 Å². The van der Waals surface area contributed by atoms with Gasteiger partial charge in [-0.05, 0) is 0 Å². The minimum Gasteiger partial charge on any atom is -0.478 e. The highest BCUT2D eigenvalue weighted by Crippen LogP contribution is 2.42. The van der Waals surface area contributed by atoms with Gasteiger partial charge < -0.3 is 15.7 Å². The Balaban J connectivity index is 0.00000128. The van der Waals surface area contributed by atoms with Crippen molar-refractivity contribution in [3.05, 3.63) is 11.8 Å². The van der Waals surface area contributed by atoms with Crippen molar-refractivity contribution >= 4 is 52.0 Å². The molecule has 2 aliphatic rings. The number of amides is 1. The zero-order valence-electron chi connectivity index (χ0n) is 8.00. The molecule has 0 saturated carbocycles. The Bertz CT molecular complexity index is 365. The maximum atomic E-state index is 11.5. The van der Waals surface area contributed by atoms with Crippen molar-refractivity contribution in [1.82, 2.24) is 4.90 Å². The monoisotopic (exact) mass is 328 g/mol. The summed E-state index contributed by atoms with van der Waals surface area (Å²) in [6.07, 6.45) is 1.36. The van der Waals surface area contributed by atoms with E-state index in [9.17, 15) is 9.59 Å². The SMILES string of the molecule is Cl.NC1S[C@@H]2C(CBr)C(=O)N2C=C1C(=O)O. The van der Waals surface area contributed by atoms with Crippen LogP contribution < -0.4 is 5.73 Å². The lowest BCUT2D eigenvalue weighted by Gasteiger charge is -2.47. The molecule has 90 valence electrons. The summed E-state index contributed by atoms with van der Waals surface area (Å²) in [5.41, 5.74) is 5.77. The fourth-order valence-electron chi connectivity index (χ4n) is 1.61. The van der Waals surface area contributed by atoms with Gasteiger partial charge in [0, 0.05) is 11.5 Å². The summed E-state index contributed by atoms with van der Waals surface area (Å²) < 4.78 is 0. The van der Waals surface area contributed by atoms with E-state index in [2.05, 4.69) is 15.9 Å². The first-order chi connectivity index (χ1) is 7.06. The van der Waals surface area contributed by atoms with Crippen LogP contribution in [0.25, 0.3) is 0 Å².